The molecule has 3 rings (SSSR count). The summed E-state index contributed by atoms with van der Waals surface area (Å²) < 4.78 is 21.1. The maximum atomic E-state index is 12.8. The molecule has 0 aliphatic carbocycles. The van der Waals surface area contributed by atoms with Crippen molar-refractivity contribution in [3.63, 3.8) is 0 Å². The minimum absolute atomic E-state index is 0.0150. The first-order valence-corrected chi connectivity index (χ1v) is 8.76. The van der Waals surface area contributed by atoms with E-state index < -0.39 is 24.0 Å². The van der Waals surface area contributed by atoms with Gasteiger partial charge in [0, 0.05) is 32.9 Å². The van der Waals surface area contributed by atoms with Gasteiger partial charge in [-0.25, -0.2) is 0 Å². The standard InChI is InChI=1S/C21H18O8/c1-11(22)26-15-6-4-14(5-7-15)18-10-17(25)21-19(28-13(3)24)8-16(27-12(2)23)9-20(21)29-18/h4-9,18H,10H2,1-3H3/t18-/m1/s1. The van der Waals surface area contributed by atoms with Crippen LogP contribution in [-0.2, 0) is 14.4 Å². The van der Waals surface area contributed by atoms with Crippen LogP contribution in [0.5, 0.6) is 23.0 Å². The molecule has 0 amide bonds. The van der Waals surface area contributed by atoms with Crippen LogP contribution in [0.25, 0.3) is 0 Å². The summed E-state index contributed by atoms with van der Waals surface area (Å²) in [4.78, 5) is 46.5. The fourth-order valence-electron chi connectivity index (χ4n) is 2.96. The molecule has 2 aromatic rings. The Kier molecular flexibility index (Phi) is 5.63. The van der Waals surface area contributed by atoms with E-state index in [9.17, 15) is 19.2 Å². The highest BCUT2D eigenvalue weighted by atomic mass is 16.6. The van der Waals surface area contributed by atoms with Crippen molar-refractivity contribution < 1.29 is 38.1 Å². The van der Waals surface area contributed by atoms with E-state index in [0.717, 1.165) is 0 Å². The topological polar surface area (TPSA) is 105 Å². The third kappa shape index (κ3) is 4.78. The molecule has 8 heteroatoms. The molecule has 1 heterocycles. The molecule has 0 saturated heterocycles. The molecule has 2 aromatic carbocycles. The van der Waals surface area contributed by atoms with Gasteiger partial charge < -0.3 is 18.9 Å². The van der Waals surface area contributed by atoms with Crippen molar-refractivity contribution in [2.24, 2.45) is 0 Å². The number of hydrogen-bond donors (Lipinski definition) is 0. The van der Waals surface area contributed by atoms with Gasteiger partial charge in [-0.3, -0.25) is 19.2 Å². The van der Waals surface area contributed by atoms with Crippen LogP contribution >= 0.6 is 0 Å². The van der Waals surface area contributed by atoms with Crippen molar-refractivity contribution in [1.29, 1.82) is 0 Å². The van der Waals surface area contributed by atoms with Gasteiger partial charge in [-0.15, -0.1) is 0 Å². The number of fused-ring (bicyclic) bond motifs is 1. The summed E-state index contributed by atoms with van der Waals surface area (Å²) in [7, 11) is 0. The van der Waals surface area contributed by atoms with E-state index in [1.165, 1.54) is 32.9 Å². The van der Waals surface area contributed by atoms with Gasteiger partial charge >= 0.3 is 17.9 Å². The smallest absolute Gasteiger partial charge is 0.308 e. The Labute approximate surface area is 166 Å². The number of Topliss-reactive ketones (excluding diaryl/α,β-unsaturated/α-hetero) is 1. The van der Waals surface area contributed by atoms with Gasteiger partial charge in [0.15, 0.2) is 5.78 Å². The van der Waals surface area contributed by atoms with Crippen LogP contribution in [0, 0.1) is 0 Å². The van der Waals surface area contributed by atoms with Crippen molar-refractivity contribution >= 4 is 23.7 Å². The lowest BCUT2D eigenvalue weighted by Gasteiger charge is -2.27. The summed E-state index contributed by atoms with van der Waals surface area (Å²) in [5, 5.41) is 0. The summed E-state index contributed by atoms with van der Waals surface area (Å²) in [6.45, 7) is 3.73. The number of esters is 3. The Morgan fingerprint density at radius 2 is 1.45 bits per heavy atom. The van der Waals surface area contributed by atoms with E-state index in [4.69, 9.17) is 18.9 Å². The first-order valence-electron chi connectivity index (χ1n) is 8.76. The summed E-state index contributed by atoms with van der Waals surface area (Å²) in [6, 6.07) is 9.27. The molecule has 150 valence electrons. The molecule has 1 aliphatic rings. The average molecular weight is 398 g/mol. The molecule has 1 atom stereocenters. The van der Waals surface area contributed by atoms with Crippen LogP contribution in [0.15, 0.2) is 36.4 Å². The van der Waals surface area contributed by atoms with Crippen molar-refractivity contribution in [2.75, 3.05) is 0 Å². The van der Waals surface area contributed by atoms with Gasteiger partial charge in [0.2, 0.25) is 0 Å². The van der Waals surface area contributed by atoms with Crippen LogP contribution in [0.2, 0.25) is 0 Å². The predicted octanol–water partition coefficient (Wildman–Crippen LogP) is 3.17. The van der Waals surface area contributed by atoms with Gasteiger partial charge in [0.25, 0.3) is 0 Å². The molecule has 1 aliphatic heterocycles. The van der Waals surface area contributed by atoms with E-state index in [1.54, 1.807) is 24.3 Å². The van der Waals surface area contributed by atoms with E-state index >= 15 is 0 Å². The number of benzene rings is 2. The maximum absolute atomic E-state index is 12.8. The maximum Gasteiger partial charge on any atom is 0.308 e. The van der Waals surface area contributed by atoms with E-state index in [2.05, 4.69) is 0 Å². The normalized spacial score (nSPS) is 15.0. The molecule has 0 bridgehead atoms. The average Bonchev–Trinajstić information content (AvgIpc) is 2.60. The Balaban J connectivity index is 1.94. The Morgan fingerprint density at radius 3 is 2.03 bits per heavy atom. The molecule has 0 aromatic heterocycles. The van der Waals surface area contributed by atoms with Gasteiger partial charge in [-0.05, 0) is 17.7 Å². The van der Waals surface area contributed by atoms with E-state index in [0.29, 0.717) is 11.3 Å². The molecular weight excluding hydrogens is 380 g/mol. The van der Waals surface area contributed by atoms with E-state index in [-0.39, 0.29) is 35.0 Å². The monoisotopic (exact) mass is 398 g/mol. The van der Waals surface area contributed by atoms with Crippen LogP contribution in [0.1, 0.15) is 49.2 Å². The number of rotatable bonds is 4. The Bertz CT molecular complexity index is 990. The second kappa shape index (κ2) is 8.14. The van der Waals surface area contributed by atoms with Crippen molar-refractivity contribution in [2.45, 2.75) is 33.3 Å². The largest absolute Gasteiger partial charge is 0.484 e. The van der Waals surface area contributed by atoms with Gasteiger partial charge in [-0.2, -0.15) is 0 Å². The SMILES string of the molecule is CC(=O)Oc1ccc([C@H]2CC(=O)c3c(OC(C)=O)cc(OC(C)=O)cc3O2)cc1. The molecule has 0 N–H and O–H groups in total. The van der Waals surface area contributed by atoms with Crippen LogP contribution in [-0.4, -0.2) is 23.7 Å². The molecular formula is C21H18O8. The number of ether oxygens (including phenoxy) is 4. The quantitative estimate of drug-likeness (QED) is 0.571. The third-order valence-electron chi connectivity index (χ3n) is 3.99. The minimum Gasteiger partial charge on any atom is -0.484 e. The van der Waals surface area contributed by atoms with Gasteiger partial charge in [-0.1, -0.05) is 12.1 Å². The lowest BCUT2D eigenvalue weighted by atomic mass is 9.95. The van der Waals surface area contributed by atoms with Gasteiger partial charge in [0.05, 0.1) is 6.42 Å². The zero-order chi connectivity index (χ0) is 21.1. The van der Waals surface area contributed by atoms with Crippen LogP contribution < -0.4 is 18.9 Å². The first kappa shape index (κ1) is 20.1. The second-order valence-electron chi connectivity index (χ2n) is 6.38. The summed E-state index contributed by atoms with van der Waals surface area (Å²) in [5.74, 6) is -1.34. The number of carbonyl (C=O) groups is 4. The fourth-order valence-corrected chi connectivity index (χ4v) is 2.96. The predicted molar refractivity (Wildman–Crippen MR) is 99.1 cm³/mol. The second-order valence-corrected chi connectivity index (χ2v) is 6.38. The summed E-state index contributed by atoms with van der Waals surface area (Å²) >= 11 is 0. The Hall–Kier alpha value is -3.68. The zero-order valence-corrected chi connectivity index (χ0v) is 16.0. The van der Waals surface area contributed by atoms with Crippen molar-refractivity contribution in [3.05, 3.63) is 47.5 Å². The highest BCUT2D eigenvalue weighted by Gasteiger charge is 2.32. The third-order valence-corrected chi connectivity index (χ3v) is 3.99. The van der Waals surface area contributed by atoms with Gasteiger partial charge in [0.1, 0.15) is 34.7 Å². The first-order chi connectivity index (χ1) is 13.7. The molecule has 0 radical (unpaired) electrons. The number of carbonyl (C=O) groups excluding carboxylic acids is 4. The lowest BCUT2D eigenvalue weighted by Crippen LogP contribution is -2.22. The molecule has 29 heavy (non-hydrogen) atoms. The molecule has 0 fully saturated rings. The molecule has 8 nitrogen and oxygen atoms in total. The molecule has 0 unspecified atom stereocenters. The minimum atomic E-state index is -0.622. The Morgan fingerprint density at radius 1 is 0.862 bits per heavy atom. The fraction of sp³-hybridized carbons (Fsp3) is 0.238. The van der Waals surface area contributed by atoms with E-state index in [1.807, 2.05) is 0 Å². The lowest BCUT2D eigenvalue weighted by molar-refractivity contribution is -0.133. The van der Waals surface area contributed by atoms with Crippen molar-refractivity contribution in [1.82, 2.24) is 0 Å². The highest BCUT2D eigenvalue weighted by Crippen LogP contribution is 2.42. The molecule has 0 saturated carbocycles. The number of ketones is 1. The highest BCUT2D eigenvalue weighted by molar-refractivity contribution is 6.03. The van der Waals surface area contributed by atoms with Crippen molar-refractivity contribution in [3.8, 4) is 23.0 Å². The summed E-state index contributed by atoms with van der Waals surface area (Å²) in [5.41, 5.74) is 0.802. The zero-order valence-electron chi connectivity index (χ0n) is 16.0. The summed E-state index contributed by atoms with van der Waals surface area (Å²) in [6.07, 6.45) is -0.597. The van der Waals surface area contributed by atoms with Crippen LogP contribution in [0.3, 0.4) is 0 Å². The van der Waals surface area contributed by atoms with Crippen LogP contribution in [0.4, 0.5) is 0 Å². The molecule has 0 spiro atoms. The number of hydrogen-bond acceptors (Lipinski definition) is 8.